The van der Waals surface area contributed by atoms with E-state index in [9.17, 15) is 18.0 Å². The Kier molecular flexibility index (Phi) is 6.98. The lowest BCUT2D eigenvalue weighted by atomic mass is 10.1. The molecule has 0 bridgehead atoms. The normalized spacial score (nSPS) is 15.0. The van der Waals surface area contributed by atoms with Crippen LogP contribution in [0.2, 0.25) is 0 Å². The number of Topliss-reactive ketones (excluding diaryl/α,β-unsaturated/α-hetero) is 1. The summed E-state index contributed by atoms with van der Waals surface area (Å²) in [6.45, 7) is 4.27. The van der Waals surface area contributed by atoms with Gasteiger partial charge >= 0.3 is 5.97 Å². The summed E-state index contributed by atoms with van der Waals surface area (Å²) in [5, 5.41) is 0. The molecule has 0 amide bonds. The second-order valence-corrected chi connectivity index (χ2v) is 10.8. The number of rotatable bonds is 8. The molecule has 4 rings (SSSR count). The smallest absolute Gasteiger partial charge is 0.338 e. The van der Waals surface area contributed by atoms with Crippen LogP contribution in [0.25, 0.3) is 0 Å². The van der Waals surface area contributed by atoms with Crippen molar-refractivity contribution in [1.29, 1.82) is 0 Å². The van der Waals surface area contributed by atoms with E-state index in [4.69, 9.17) is 14.2 Å². The van der Waals surface area contributed by atoms with Crippen LogP contribution in [0.5, 0.6) is 11.5 Å². The van der Waals surface area contributed by atoms with Crippen LogP contribution >= 0.6 is 0 Å². The second kappa shape index (κ2) is 9.95. The average Bonchev–Trinajstić information content (AvgIpc) is 3.10. The first kappa shape index (κ1) is 24.5. The summed E-state index contributed by atoms with van der Waals surface area (Å²) in [4.78, 5) is 25.2. The van der Waals surface area contributed by atoms with Gasteiger partial charge in [0.25, 0.3) is 0 Å². The molecule has 184 valence electrons. The number of aromatic nitrogens is 1. The van der Waals surface area contributed by atoms with Crippen LogP contribution in [0.4, 0.5) is 0 Å². The lowest BCUT2D eigenvalue weighted by molar-refractivity contribution is 0.0474. The van der Waals surface area contributed by atoms with Crippen molar-refractivity contribution in [1.82, 2.24) is 4.57 Å². The summed E-state index contributed by atoms with van der Waals surface area (Å²) in [6, 6.07) is 15.4. The number of aryl methyl sites for hydroxylation is 1. The predicted molar refractivity (Wildman–Crippen MR) is 130 cm³/mol. The van der Waals surface area contributed by atoms with E-state index >= 15 is 0 Å². The van der Waals surface area contributed by atoms with Gasteiger partial charge in [0.05, 0.1) is 17.9 Å². The molecule has 0 N–H and O–H groups in total. The number of benzene rings is 2. The number of para-hydroxylation sites is 2. The maximum atomic E-state index is 12.8. The van der Waals surface area contributed by atoms with Gasteiger partial charge in [0.2, 0.25) is 5.78 Å². The fourth-order valence-electron chi connectivity index (χ4n) is 4.05. The predicted octanol–water partition coefficient (Wildman–Crippen LogP) is 3.53. The second-order valence-electron chi connectivity index (χ2n) is 8.66. The van der Waals surface area contributed by atoms with E-state index in [-0.39, 0.29) is 23.2 Å². The van der Waals surface area contributed by atoms with Gasteiger partial charge < -0.3 is 18.8 Å². The molecule has 1 aliphatic heterocycles. The lowest BCUT2D eigenvalue weighted by Gasteiger charge is -2.27. The number of sulfone groups is 1. The van der Waals surface area contributed by atoms with Crippen molar-refractivity contribution in [3.8, 4) is 11.5 Å². The number of carbonyl (C=O) groups is 2. The Morgan fingerprint density at radius 1 is 1.06 bits per heavy atom. The first-order chi connectivity index (χ1) is 16.6. The summed E-state index contributed by atoms with van der Waals surface area (Å²) in [5.41, 5.74) is 2.95. The molecule has 0 saturated carbocycles. The standard InChI is InChI=1S/C26H27NO7S/c1-17-12-22(18(2)27(17)13-21-14-32-24-6-4-5-7-25(24)34-21)23(28)15-33-26(29)20-10-8-19(9-11-20)16-35(3,30)31/h4-12,21H,13-16H2,1-3H3. The summed E-state index contributed by atoms with van der Waals surface area (Å²) in [7, 11) is -3.17. The molecule has 0 spiro atoms. The number of nitrogens with zero attached hydrogens (tertiary/aromatic N) is 1. The van der Waals surface area contributed by atoms with Crippen LogP contribution in [0.3, 0.4) is 0 Å². The molecular weight excluding hydrogens is 470 g/mol. The number of carbonyl (C=O) groups excluding carboxylic acids is 2. The van der Waals surface area contributed by atoms with Crippen molar-refractivity contribution >= 4 is 21.6 Å². The Labute approximate surface area is 204 Å². The summed E-state index contributed by atoms with van der Waals surface area (Å²) in [5.74, 6) is 0.342. The molecule has 0 fully saturated rings. The molecule has 2 aromatic carbocycles. The molecule has 0 radical (unpaired) electrons. The van der Waals surface area contributed by atoms with Crippen LogP contribution < -0.4 is 9.47 Å². The largest absolute Gasteiger partial charge is 0.486 e. The van der Waals surface area contributed by atoms with Gasteiger partial charge in [0, 0.05) is 23.2 Å². The van der Waals surface area contributed by atoms with Crippen molar-refractivity contribution in [3.63, 3.8) is 0 Å². The van der Waals surface area contributed by atoms with E-state index < -0.39 is 22.4 Å². The highest BCUT2D eigenvalue weighted by atomic mass is 32.2. The third kappa shape index (κ3) is 5.92. The highest BCUT2D eigenvalue weighted by Crippen LogP contribution is 2.31. The molecule has 8 nitrogen and oxygen atoms in total. The maximum absolute atomic E-state index is 12.8. The molecular formula is C26H27NO7S. The third-order valence-corrected chi connectivity index (χ3v) is 6.64. The Balaban J connectivity index is 1.37. The van der Waals surface area contributed by atoms with Crippen molar-refractivity contribution in [2.45, 2.75) is 32.2 Å². The van der Waals surface area contributed by atoms with Crippen molar-refractivity contribution in [2.24, 2.45) is 0 Å². The summed E-state index contributed by atoms with van der Waals surface area (Å²) in [6.07, 6.45) is 0.938. The van der Waals surface area contributed by atoms with Gasteiger partial charge in [0.15, 0.2) is 34.0 Å². The van der Waals surface area contributed by atoms with Gasteiger partial charge in [-0.05, 0) is 49.7 Å². The molecule has 0 saturated heterocycles. The van der Waals surface area contributed by atoms with Gasteiger partial charge in [-0.3, -0.25) is 4.79 Å². The minimum absolute atomic E-state index is 0.110. The SMILES string of the molecule is Cc1cc(C(=O)COC(=O)c2ccc(CS(C)(=O)=O)cc2)c(C)n1CC1COc2ccccc2O1. The first-order valence-corrected chi connectivity index (χ1v) is 13.2. The van der Waals surface area contributed by atoms with Crippen molar-refractivity contribution < 1.29 is 32.2 Å². The van der Waals surface area contributed by atoms with Crippen LogP contribution in [-0.2, 0) is 26.9 Å². The minimum Gasteiger partial charge on any atom is -0.486 e. The summed E-state index contributed by atoms with van der Waals surface area (Å²) >= 11 is 0. The first-order valence-electron chi connectivity index (χ1n) is 11.1. The highest BCUT2D eigenvalue weighted by Gasteiger charge is 2.24. The van der Waals surface area contributed by atoms with Gasteiger partial charge in [-0.25, -0.2) is 13.2 Å². The number of hydrogen-bond acceptors (Lipinski definition) is 7. The number of ether oxygens (including phenoxy) is 3. The summed E-state index contributed by atoms with van der Waals surface area (Å²) < 4.78 is 41.9. The number of hydrogen-bond donors (Lipinski definition) is 0. The van der Waals surface area contributed by atoms with E-state index in [0.29, 0.717) is 35.8 Å². The van der Waals surface area contributed by atoms with E-state index in [1.165, 1.54) is 12.1 Å². The van der Waals surface area contributed by atoms with Gasteiger partial charge in [0.1, 0.15) is 6.61 Å². The van der Waals surface area contributed by atoms with Crippen LogP contribution in [0.15, 0.2) is 54.6 Å². The highest BCUT2D eigenvalue weighted by molar-refractivity contribution is 7.89. The van der Waals surface area contributed by atoms with Crippen molar-refractivity contribution in [3.05, 3.63) is 82.7 Å². The number of fused-ring (bicyclic) bond motifs is 1. The zero-order chi connectivity index (χ0) is 25.2. The van der Waals surface area contributed by atoms with Gasteiger partial charge in [-0.2, -0.15) is 0 Å². The van der Waals surface area contributed by atoms with Gasteiger partial charge in [-0.1, -0.05) is 24.3 Å². The molecule has 2 heterocycles. The monoisotopic (exact) mass is 497 g/mol. The van der Waals surface area contributed by atoms with Crippen LogP contribution in [0.1, 0.15) is 37.7 Å². The molecule has 1 atom stereocenters. The quantitative estimate of drug-likeness (QED) is 0.347. The van der Waals surface area contributed by atoms with Crippen LogP contribution in [-0.4, -0.2) is 50.3 Å². The molecule has 1 aromatic heterocycles. The molecule has 35 heavy (non-hydrogen) atoms. The number of esters is 1. The Hall–Kier alpha value is -3.59. The zero-order valence-corrected chi connectivity index (χ0v) is 20.6. The fourth-order valence-corrected chi connectivity index (χ4v) is 4.85. The van der Waals surface area contributed by atoms with E-state index in [1.54, 1.807) is 18.2 Å². The topological polar surface area (TPSA) is 101 Å². The Bertz CT molecular complexity index is 1360. The fraction of sp³-hybridized carbons (Fsp3) is 0.308. The average molecular weight is 498 g/mol. The van der Waals surface area contributed by atoms with E-state index in [2.05, 4.69) is 0 Å². The number of ketones is 1. The Morgan fingerprint density at radius 2 is 1.74 bits per heavy atom. The molecule has 0 aliphatic carbocycles. The van der Waals surface area contributed by atoms with E-state index in [0.717, 1.165) is 17.6 Å². The third-order valence-electron chi connectivity index (χ3n) is 5.78. The van der Waals surface area contributed by atoms with Crippen molar-refractivity contribution in [2.75, 3.05) is 19.5 Å². The zero-order valence-electron chi connectivity index (χ0n) is 19.8. The molecule has 1 aliphatic rings. The molecule has 9 heteroatoms. The lowest BCUT2D eigenvalue weighted by Crippen LogP contribution is -2.33. The minimum atomic E-state index is -3.17. The van der Waals surface area contributed by atoms with Gasteiger partial charge in [-0.15, -0.1) is 0 Å². The molecule has 3 aromatic rings. The maximum Gasteiger partial charge on any atom is 0.338 e. The molecule has 1 unspecified atom stereocenters. The van der Waals surface area contributed by atoms with Crippen LogP contribution in [0, 0.1) is 13.8 Å². The Morgan fingerprint density at radius 3 is 2.43 bits per heavy atom. The van der Waals surface area contributed by atoms with E-state index in [1.807, 2.05) is 42.7 Å².